The minimum Gasteiger partial charge on any atom is -0.443 e. The van der Waals surface area contributed by atoms with Crippen LogP contribution in [0.3, 0.4) is 0 Å². The molecule has 178 valence electrons. The Morgan fingerprint density at radius 2 is 1.91 bits per heavy atom. The Morgan fingerprint density at radius 3 is 2.59 bits per heavy atom. The molecule has 3 aromatic rings. The van der Waals surface area contributed by atoms with Gasteiger partial charge in [0, 0.05) is 31.7 Å². The van der Waals surface area contributed by atoms with Crippen LogP contribution in [0.5, 0.6) is 0 Å². The first kappa shape index (κ1) is 21.3. The number of hydrogen-bond acceptors (Lipinski definition) is 6. The Bertz CT molecular complexity index is 1240. The second-order valence-corrected chi connectivity index (χ2v) is 9.85. The lowest BCUT2D eigenvalue weighted by atomic mass is 9.91. The first-order valence-electron chi connectivity index (χ1n) is 12.2. The maximum Gasteiger partial charge on any atom is 0.290 e. The monoisotopic (exact) mass is 463 g/mol. The predicted molar refractivity (Wildman–Crippen MR) is 124 cm³/mol. The van der Waals surface area contributed by atoms with Crippen molar-refractivity contribution in [2.24, 2.45) is 7.05 Å². The zero-order valence-electron chi connectivity index (χ0n) is 19.3. The minimum absolute atomic E-state index is 0.0295. The summed E-state index contributed by atoms with van der Waals surface area (Å²) in [5.74, 6) is 1.23. The molecule has 0 spiro atoms. The van der Waals surface area contributed by atoms with Crippen LogP contribution in [0.4, 0.5) is 0 Å². The Balaban J connectivity index is 1.28. The van der Waals surface area contributed by atoms with Gasteiger partial charge in [-0.05, 0) is 62.1 Å². The molecular weight excluding hydrogens is 434 g/mol. The lowest BCUT2D eigenvalue weighted by molar-refractivity contribution is -0.138. The lowest BCUT2D eigenvalue weighted by Crippen LogP contribution is -2.56. The van der Waals surface area contributed by atoms with Crippen LogP contribution in [0.15, 0.2) is 29.1 Å². The number of fused-ring (bicyclic) bond motifs is 1. The summed E-state index contributed by atoms with van der Waals surface area (Å²) in [5, 5.41) is 9.77. The molecule has 2 saturated carbocycles. The second-order valence-electron chi connectivity index (χ2n) is 9.85. The maximum absolute atomic E-state index is 13.5. The van der Waals surface area contributed by atoms with Crippen LogP contribution in [-0.4, -0.2) is 73.0 Å². The Kier molecular flexibility index (Phi) is 5.17. The van der Waals surface area contributed by atoms with Crippen LogP contribution in [0.1, 0.15) is 60.6 Å². The van der Waals surface area contributed by atoms with E-state index in [1.54, 1.807) is 11.1 Å². The molecule has 9 nitrogen and oxygen atoms in total. The van der Waals surface area contributed by atoms with Crippen molar-refractivity contribution in [3.63, 3.8) is 0 Å². The summed E-state index contributed by atoms with van der Waals surface area (Å²) in [7, 11) is 1.86. The molecule has 34 heavy (non-hydrogen) atoms. The van der Waals surface area contributed by atoms with Gasteiger partial charge in [0.05, 0.1) is 17.8 Å². The van der Waals surface area contributed by atoms with Gasteiger partial charge in [-0.25, -0.2) is 9.97 Å². The molecule has 1 aliphatic heterocycles. The van der Waals surface area contributed by atoms with E-state index in [9.17, 15) is 14.7 Å². The topological polar surface area (TPSA) is 105 Å². The number of imidazole rings is 1. The molecular formula is C25H29N5O4. The van der Waals surface area contributed by atoms with E-state index in [0.717, 1.165) is 49.6 Å². The number of carbonyl (C=O) groups is 2. The highest BCUT2D eigenvalue weighted by atomic mass is 16.3. The van der Waals surface area contributed by atoms with Crippen molar-refractivity contribution in [2.75, 3.05) is 19.6 Å². The van der Waals surface area contributed by atoms with Crippen molar-refractivity contribution in [3.8, 4) is 11.3 Å². The van der Waals surface area contributed by atoms with Gasteiger partial charge in [0.1, 0.15) is 12.1 Å². The fraction of sp³-hybridized carbons (Fsp3) is 0.520. The number of piperazine rings is 1. The van der Waals surface area contributed by atoms with Crippen molar-refractivity contribution >= 4 is 22.8 Å². The molecule has 0 atom stereocenters. The molecule has 6 rings (SSSR count). The number of amides is 2. The molecule has 1 N–H and O–H groups in total. The van der Waals surface area contributed by atoms with Crippen LogP contribution in [-0.2, 0) is 11.8 Å². The minimum atomic E-state index is -0.256. The first-order valence-corrected chi connectivity index (χ1v) is 12.2. The summed E-state index contributed by atoms with van der Waals surface area (Å²) in [5.41, 5.74) is 3.65. The fourth-order valence-corrected chi connectivity index (χ4v) is 5.45. The number of hydrogen-bond donors (Lipinski definition) is 1. The van der Waals surface area contributed by atoms with E-state index in [-0.39, 0.29) is 30.5 Å². The summed E-state index contributed by atoms with van der Waals surface area (Å²) in [6.07, 6.45) is 8.24. The summed E-state index contributed by atoms with van der Waals surface area (Å²) >= 11 is 0. The van der Waals surface area contributed by atoms with Crippen molar-refractivity contribution in [1.82, 2.24) is 24.3 Å². The first-order chi connectivity index (χ1) is 16.5. The molecule has 1 saturated heterocycles. The van der Waals surface area contributed by atoms with Gasteiger partial charge >= 0.3 is 0 Å². The van der Waals surface area contributed by atoms with Crippen molar-refractivity contribution in [3.05, 3.63) is 36.1 Å². The van der Waals surface area contributed by atoms with Gasteiger partial charge in [0.25, 0.3) is 5.91 Å². The summed E-state index contributed by atoms with van der Waals surface area (Å²) in [6.45, 7) is 1.06. The molecule has 3 aliphatic rings. The normalized spacial score (nSPS) is 23.6. The zero-order valence-corrected chi connectivity index (χ0v) is 19.3. The number of aliphatic hydroxyl groups excluding tert-OH is 1. The summed E-state index contributed by atoms with van der Waals surface area (Å²) in [4.78, 5) is 38.7. The van der Waals surface area contributed by atoms with Crippen LogP contribution in [0.2, 0.25) is 0 Å². The summed E-state index contributed by atoms with van der Waals surface area (Å²) in [6, 6.07) is 4.39. The zero-order chi connectivity index (χ0) is 23.4. The highest BCUT2D eigenvalue weighted by Gasteiger charge is 2.35. The van der Waals surface area contributed by atoms with Crippen molar-refractivity contribution in [2.45, 2.75) is 56.6 Å². The molecule has 0 unspecified atom stereocenters. The Hall–Kier alpha value is -3.20. The molecule has 2 aromatic heterocycles. The van der Waals surface area contributed by atoms with Crippen LogP contribution >= 0.6 is 0 Å². The number of rotatable bonds is 4. The molecule has 9 heteroatoms. The molecule has 0 bridgehead atoms. The summed E-state index contributed by atoms with van der Waals surface area (Å²) < 4.78 is 7.41. The van der Waals surface area contributed by atoms with Crippen LogP contribution < -0.4 is 0 Å². The third kappa shape index (κ3) is 3.68. The van der Waals surface area contributed by atoms with Crippen LogP contribution in [0.25, 0.3) is 22.4 Å². The molecule has 2 aliphatic carbocycles. The van der Waals surface area contributed by atoms with E-state index in [4.69, 9.17) is 9.40 Å². The highest BCUT2D eigenvalue weighted by molar-refractivity contribution is 6.00. The average molecular weight is 464 g/mol. The lowest BCUT2D eigenvalue weighted by Gasteiger charge is -2.41. The van der Waals surface area contributed by atoms with Crippen molar-refractivity contribution < 1.29 is 19.1 Å². The number of oxazole rings is 1. The van der Waals surface area contributed by atoms with Gasteiger partial charge in [-0.2, -0.15) is 0 Å². The van der Waals surface area contributed by atoms with Gasteiger partial charge < -0.3 is 23.9 Å². The van der Waals surface area contributed by atoms with E-state index >= 15 is 0 Å². The van der Waals surface area contributed by atoms with Gasteiger partial charge in [0.15, 0.2) is 18.0 Å². The largest absolute Gasteiger partial charge is 0.443 e. The van der Waals surface area contributed by atoms with E-state index in [2.05, 4.69) is 17.1 Å². The van der Waals surface area contributed by atoms with E-state index in [0.29, 0.717) is 36.1 Å². The number of carbonyl (C=O) groups excluding carboxylic acids is 2. The smallest absolute Gasteiger partial charge is 0.290 e. The number of aliphatic hydroxyl groups is 1. The SMILES string of the molecule is Cn1c(C(=O)N2CCN([C@H]3CC[C@H](O)CC3)C(=O)C2)nc2c(-c3cnco3)cc(C3CC3)cc21. The number of aryl methyl sites for hydroxylation is 1. The van der Waals surface area contributed by atoms with Gasteiger partial charge in [-0.15, -0.1) is 0 Å². The van der Waals surface area contributed by atoms with E-state index in [1.807, 2.05) is 16.5 Å². The van der Waals surface area contributed by atoms with Gasteiger partial charge in [0.2, 0.25) is 5.91 Å². The Labute approximate surface area is 197 Å². The molecule has 0 radical (unpaired) electrons. The third-order valence-electron chi connectivity index (χ3n) is 7.60. The van der Waals surface area contributed by atoms with Crippen molar-refractivity contribution in [1.29, 1.82) is 0 Å². The number of benzene rings is 1. The molecule has 2 amide bonds. The average Bonchev–Trinajstić information content (AvgIpc) is 3.45. The molecule has 3 fully saturated rings. The quantitative estimate of drug-likeness (QED) is 0.638. The predicted octanol–water partition coefficient (Wildman–Crippen LogP) is 2.69. The maximum atomic E-state index is 13.5. The Morgan fingerprint density at radius 1 is 1.12 bits per heavy atom. The molecule has 3 heterocycles. The van der Waals surface area contributed by atoms with E-state index in [1.165, 1.54) is 12.0 Å². The van der Waals surface area contributed by atoms with Crippen LogP contribution in [0, 0.1) is 0 Å². The fourth-order valence-electron chi connectivity index (χ4n) is 5.45. The van der Waals surface area contributed by atoms with Gasteiger partial charge in [-0.3, -0.25) is 9.59 Å². The molecule has 1 aromatic carbocycles. The van der Waals surface area contributed by atoms with E-state index < -0.39 is 0 Å². The number of nitrogens with zero attached hydrogens (tertiary/aromatic N) is 5. The third-order valence-corrected chi connectivity index (χ3v) is 7.60. The second kappa shape index (κ2) is 8.23. The standard InChI is InChI=1S/C25H29N5O4/c1-28-20-11-16(15-2-3-15)10-19(21-12-26-14-34-21)23(20)27-24(28)25(33)29-8-9-30(22(32)13-29)17-4-6-18(31)7-5-17/h10-12,14-15,17-18,31H,2-9,13H2,1H3/t17-,18-. The van der Waals surface area contributed by atoms with Gasteiger partial charge in [-0.1, -0.05) is 0 Å². The highest BCUT2D eigenvalue weighted by Crippen LogP contribution is 2.43. The number of aromatic nitrogens is 3.